The number of benzene rings is 2. The molecule has 0 atom stereocenters. The summed E-state index contributed by atoms with van der Waals surface area (Å²) in [5.74, 6) is 1.95. The molecule has 1 aromatic heterocycles. The summed E-state index contributed by atoms with van der Waals surface area (Å²) >= 11 is 0. The third-order valence-corrected chi connectivity index (χ3v) is 4.92. The molecule has 0 N–H and O–H groups in total. The molecule has 0 amide bonds. The fraction of sp³-hybridized carbons (Fsp3) is 0.273. The lowest BCUT2D eigenvalue weighted by Gasteiger charge is -2.31. The van der Waals surface area contributed by atoms with Crippen LogP contribution in [-0.4, -0.2) is 13.1 Å². The molecule has 0 radical (unpaired) electrons. The van der Waals surface area contributed by atoms with E-state index in [1.165, 1.54) is 22.5 Å². The van der Waals surface area contributed by atoms with Crippen molar-refractivity contribution in [3.8, 4) is 0 Å². The van der Waals surface area contributed by atoms with Crippen molar-refractivity contribution in [3.63, 3.8) is 0 Å². The van der Waals surface area contributed by atoms with E-state index in [1.807, 2.05) is 13.0 Å². The van der Waals surface area contributed by atoms with Crippen LogP contribution in [0.25, 0.3) is 0 Å². The highest BCUT2D eigenvalue weighted by molar-refractivity contribution is 5.58. The fourth-order valence-electron chi connectivity index (χ4n) is 3.54. The molecule has 0 aliphatic carbocycles. The van der Waals surface area contributed by atoms with E-state index in [2.05, 4.69) is 78.2 Å². The molecule has 0 bridgehead atoms. The van der Waals surface area contributed by atoms with Gasteiger partial charge in [-0.1, -0.05) is 35.4 Å². The Balaban J connectivity index is 1.74. The molecule has 1 saturated heterocycles. The first-order valence-corrected chi connectivity index (χ1v) is 8.85. The molecule has 3 nitrogen and oxygen atoms in total. The van der Waals surface area contributed by atoms with Gasteiger partial charge < -0.3 is 14.2 Å². The van der Waals surface area contributed by atoms with E-state index in [-0.39, 0.29) is 6.17 Å². The summed E-state index contributed by atoms with van der Waals surface area (Å²) in [5.41, 5.74) is 5.03. The summed E-state index contributed by atoms with van der Waals surface area (Å²) in [7, 11) is 0. The third kappa shape index (κ3) is 3.02. The average Bonchev–Trinajstić information content (AvgIpc) is 3.22. The summed E-state index contributed by atoms with van der Waals surface area (Å²) in [6.45, 7) is 8.20. The van der Waals surface area contributed by atoms with Crippen molar-refractivity contribution in [2.45, 2.75) is 26.9 Å². The van der Waals surface area contributed by atoms with Gasteiger partial charge >= 0.3 is 0 Å². The van der Waals surface area contributed by atoms with Crippen LogP contribution >= 0.6 is 0 Å². The Bertz CT molecular complexity index is 795. The van der Waals surface area contributed by atoms with E-state index in [4.69, 9.17) is 4.42 Å². The Morgan fingerprint density at radius 2 is 1.16 bits per heavy atom. The lowest BCUT2D eigenvalue weighted by Crippen LogP contribution is -2.30. The number of hydrogen-bond donors (Lipinski definition) is 0. The molecule has 0 saturated carbocycles. The van der Waals surface area contributed by atoms with Crippen LogP contribution in [0.5, 0.6) is 0 Å². The molecule has 3 heteroatoms. The van der Waals surface area contributed by atoms with Gasteiger partial charge in [0.15, 0.2) is 6.17 Å². The minimum Gasteiger partial charge on any atom is -0.462 e. The molecule has 3 aromatic rings. The van der Waals surface area contributed by atoms with Crippen LogP contribution in [0, 0.1) is 20.8 Å². The zero-order valence-electron chi connectivity index (χ0n) is 15.1. The van der Waals surface area contributed by atoms with E-state index >= 15 is 0 Å². The standard InChI is InChI=1S/C22H24N2O/c1-16-4-9-19(10-5-16)23-14-15-24(20-11-6-17(2)7-12-20)22(23)21-13-8-18(3)25-21/h4-13,22H,14-15H2,1-3H3. The zero-order chi connectivity index (χ0) is 17.4. The second-order valence-electron chi connectivity index (χ2n) is 6.88. The second kappa shape index (κ2) is 6.32. The number of hydrogen-bond acceptors (Lipinski definition) is 3. The van der Waals surface area contributed by atoms with E-state index in [9.17, 15) is 0 Å². The number of aryl methyl sites for hydroxylation is 3. The Hall–Kier alpha value is -2.68. The maximum Gasteiger partial charge on any atom is 0.162 e. The van der Waals surface area contributed by atoms with Gasteiger partial charge in [-0.05, 0) is 57.2 Å². The van der Waals surface area contributed by atoms with Gasteiger partial charge in [0.25, 0.3) is 0 Å². The molecular formula is C22H24N2O. The molecule has 1 fully saturated rings. The first kappa shape index (κ1) is 15.8. The molecule has 0 spiro atoms. The monoisotopic (exact) mass is 332 g/mol. The van der Waals surface area contributed by atoms with E-state index in [0.717, 1.165) is 24.6 Å². The van der Waals surface area contributed by atoms with E-state index in [0.29, 0.717) is 0 Å². The average molecular weight is 332 g/mol. The molecular weight excluding hydrogens is 308 g/mol. The number of anilines is 2. The minimum absolute atomic E-state index is 0.0825. The Morgan fingerprint density at radius 3 is 1.56 bits per heavy atom. The fourth-order valence-corrected chi connectivity index (χ4v) is 3.54. The van der Waals surface area contributed by atoms with Crippen LogP contribution in [-0.2, 0) is 0 Å². The first-order valence-electron chi connectivity index (χ1n) is 8.85. The van der Waals surface area contributed by atoms with Crippen LogP contribution in [0.3, 0.4) is 0 Å². The maximum atomic E-state index is 6.04. The number of nitrogens with zero attached hydrogens (tertiary/aromatic N) is 2. The zero-order valence-corrected chi connectivity index (χ0v) is 15.1. The first-order chi connectivity index (χ1) is 12.1. The van der Waals surface area contributed by atoms with Crippen molar-refractivity contribution in [2.75, 3.05) is 22.9 Å². The molecule has 2 aromatic carbocycles. The highest BCUT2D eigenvalue weighted by Gasteiger charge is 2.35. The minimum atomic E-state index is 0.0825. The topological polar surface area (TPSA) is 19.6 Å². The summed E-state index contributed by atoms with van der Waals surface area (Å²) < 4.78 is 6.04. The Morgan fingerprint density at radius 1 is 0.680 bits per heavy atom. The van der Waals surface area contributed by atoms with Crippen LogP contribution in [0.1, 0.15) is 28.8 Å². The molecule has 128 valence electrons. The smallest absolute Gasteiger partial charge is 0.162 e. The van der Waals surface area contributed by atoms with Gasteiger partial charge in [0, 0.05) is 24.5 Å². The molecule has 4 rings (SSSR count). The quantitative estimate of drug-likeness (QED) is 0.655. The van der Waals surface area contributed by atoms with Crippen molar-refractivity contribution in [1.82, 2.24) is 0 Å². The predicted molar refractivity (Wildman–Crippen MR) is 103 cm³/mol. The molecule has 1 aliphatic heterocycles. The number of furan rings is 1. The lowest BCUT2D eigenvalue weighted by molar-refractivity contribution is 0.446. The summed E-state index contributed by atoms with van der Waals surface area (Å²) in [5, 5.41) is 0. The van der Waals surface area contributed by atoms with E-state index in [1.54, 1.807) is 0 Å². The summed E-state index contributed by atoms with van der Waals surface area (Å²) in [4.78, 5) is 4.86. The summed E-state index contributed by atoms with van der Waals surface area (Å²) in [6, 6.07) is 21.7. The summed E-state index contributed by atoms with van der Waals surface area (Å²) in [6.07, 6.45) is 0.0825. The second-order valence-corrected chi connectivity index (χ2v) is 6.88. The highest BCUT2D eigenvalue weighted by atomic mass is 16.3. The third-order valence-electron chi connectivity index (χ3n) is 4.92. The van der Waals surface area contributed by atoms with Crippen LogP contribution in [0.15, 0.2) is 65.1 Å². The van der Waals surface area contributed by atoms with Crippen LogP contribution < -0.4 is 9.80 Å². The molecule has 0 unspecified atom stereocenters. The van der Waals surface area contributed by atoms with Crippen molar-refractivity contribution >= 4 is 11.4 Å². The molecule has 25 heavy (non-hydrogen) atoms. The lowest BCUT2D eigenvalue weighted by atomic mass is 10.2. The van der Waals surface area contributed by atoms with E-state index < -0.39 is 0 Å². The highest BCUT2D eigenvalue weighted by Crippen LogP contribution is 2.38. The Labute approximate surface area is 149 Å². The van der Waals surface area contributed by atoms with Crippen molar-refractivity contribution in [1.29, 1.82) is 0 Å². The van der Waals surface area contributed by atoms with Gasteiger partial charge in [-0.2, -0.15) is 0 Å². The maximum absolute atomic E-state index is 6.04. The van der Waals surface area contributed by atoms with Crippen molar-refractivity contribution in [3.05, 3.63) is 83.3 Å². The van der Waals surface area contributed by atoms with Crippen molar-refractivity contribution in [2.24, 2.45) is 0 Å². The SMILES string of the molecule is Cc1ccc(N2CCN(c3ccc(C)cc3)C2c2ccc(C)o2)cc1. The number of rotatable bonds is 3. The molecule has 2 heterocycles. The Kier molecular flexibility index (Phi) is 4.00. The largest absolute Gasteiger partial charge is 0.462 e. The van der Waals surface area contributed by atoms with Gasteiger partial charge in [-0.15, -0.1) is 0 Å². The van der Waals surface area contributed by atoms with Crippen molar-refractivity contribution < 1.29 is 4.42 Å². The van der Waals surface area contributed by atoms with Gasteiger partial charge in [0.05, 0.1) is 0 Å². The molecule has 1 aliphatic rings. The van der Waals surface area contributed by atoms with Crippen LogP contribution in [0.2, 0.25) is 0 Å². The van der Waals surface area contributed by atoms with Gasteiger partial charge in [-0.3, -0.25) is 0 Å². The predicted octanol–water partition coefficient (Wildman–Crippen LogP) is 5.23. The normalized spacial score (nSPS) is 15.2. The van der Waals surface area contributed by atoms with Gasteiger partial charge in [0.2, 0.25) is 0 Å². The van der Waals surface area contributed by atoms with Gasteiger partial charge in [0.1, 0.15) is 11.5 Å². The van der Waals surface area contributed by atoms with Crippen LogP contribution in [0.4, 0.5) is 11.4 Å². The van der Waals surface area contributed by atoms with Gasteiger partial charge in [-0.25, -0.2) is 0 Å².